The average Bonchev–Trinajstić information content (AvgIpc) is 3.18. The Bertz CT molecular complexity index is 887. The minimum Gasteiger partial charge on any atom is -0.320 e. The largest absolute Gasteiger partial charge is 0.320 e. The van der Waals surface area contributed by atoms with Gasteiger partial charge in [0.1, 0.15) is 4.21 Å². The van der Waals surface area contributed by atoms with Crippen molar-refractivity contribution in [1.82, 2.24) is 25.3 Å². The Hall–Kier alpha value is -1.89. The number of nitrogens with one attached hydrogen (secondary N) is 2. The van der Waals surface area contributed by atoms with Crippen LogP contribution in [0, 0.1) is 5.92 Å². The standard InChI is InChI=1S/C13H18ClN7O3S2/c1-7(2)3-9(15)13(23)19-26(24,12-4-8(14)6-25-12)18-11(22)5-10-16-20-21-17-10/h4,6-7,9H,3,5,15H2,1-2H3,(H,16,17,20,21)(H,18,19,22,23,24)/t9-,26?/m0/s1. The lowest BCUT2D eigenvalue weighted by Gasteiger charge is -2.13. The van der Waals surface area contributed by atoms with E-state index in [9.17, 15) is 13.8 Å². The van der Waals surface area contributed by atoms with E-state index in [2.05, 4.69) is 29.7 Å². The smallest absolute Gasteiger partial charge is 0.272 e. The fraction of sp³-hybridized carbons (Fsp3) is 0.462. The molecule has 1 unspecified atom stereocenters. The monoisotopic (exact) mass is 419 g/mol. The van der Waals surface area contributed by atoms with Crippen molar-refractivity contribution in [1.29, 1.82) is 0 Å². The number of amides is 2. The van der Waals surface area contributed by atoms with Crippen molar-refractivity contribution in [3.8, 4) is 0 Å². The van der Waals surface area contributed by atoms with Gasteiger partial charge in [-0.15, -0.1) is 25.9 Å². The quantitative estimate of drug-likeness (QED) is 0.602. The zero-order valence-electron chi connectivity index (χ0n) is 14.0. The van der Waals surface area contributed by atoms with Crippen LogP contribution < -0.4 is 10.5 Å². The first kappa shape index (κ1) is 20.4. The van der Waals surface area contributed by atoms with E-state index in [1.807, 2.05) is 13.8 Å². The van der Waals surface area contributed by atoms with Crippen molar-refractivity contribution >= 4 is 44.7 Å². The third kappa shape index (κ3) is 5.56. The van der Waals surface area contributed by atoms with Gasteiger partial charge in [-0.3, -0.25) is 14.3 Å². The van der Waals surface area contributed by atoms with E-state index in [0.717, 1.165) is 11.3 Å². The molecule has 4 N–H and O–H groups in total. The van der Waals surface area contributed by atoms with Gasteiger partial charge in [0, 0.05) is 5.38 Å². The fourth-order valence-electron chi connectivity index (χ4n) is 1.95. The number of tetrazole rings is 1. The Labute approximate surface area is 159 Å². The summed E-state index contributed by atoms with van der Waals surface area (Å²) in [6, 6.07) is 0.467. The molecule has 0 fully saturated rings. The molecule has 26 heavy (non-hydrogen) atoms. The number of carbonyl (C=O) groups is 2. The van der Waals surface area contributed by atoms with E-state index < -0.39 is 27.8 Å². The van der Waals surface area contributed by atoms with Gasteiger partial charge in [0.25, 0.3) is 5.91 Å². The van der Waals surface area contributed by atoms with Crippen LogP contribution in [0.2, 0.25) is 5.02 Å². The van der Waals surface area contributed by atoms with Crippen LogP contribution in [0.1, 0.15) is 26.1 Å². The second-order valence-electron chi connectivity index (χ2n) is 5.81. The van der Waals surface area contributed by atoms with Gasteiger partial charge in [-0.05, 0) is 18.4 Å². The molecule has 0 saturated heterocycles. The van der Waals surface area contributed by atoms with Crippen LogP contribution in [0.5, 0.6) is 0 Å². The van der Waals surface area contributed by atoms with Crippen molar-refractivity contribution in [2.24, 2.45) is 16.0 Å². The zero-order valence-corrected chi connectivity index (χ0v) is 16.4. The van der Waals surface area contributed by atoms with Gasteiger partial charge in [-0.2, -0.15) is 5.21 Å². The summed E-state index contributed by atoms with van der Waals surface area (Å²) in [4.78, 5) is 24.5. The first-order chi connectivity index (χ1) is 12.2. The van der Waals surface area contributed by atoms with Crippen molar-refractivity contribution in [2.45, 2.75) is 36.9 Å². The second kappa shape index (κ2) is 8.66. The number of hydrogen-bond acceptors (Lipinski definition) is 8. The number of halogens is 1. The van der Waals surface area contributed by atoms with Crippen LogP contribution in [0.25, 0.3) is 0 Å². The van der Waals surface area contributed by atoms with Crippen molar-refractivity contribution in [2.75, 3.05) is 0 Å². The number of nitrogens with two attached hydrogens (primary N) is 1. The van der Waals surface area contributed by atoms with Crippen LogP contribution in [0.3, 0.4) is 0 Å². The molecule has 2 heterocycles. The van der Waals surface area contributed by atoms with Gasteiger partial charge in [-0.25, -0.2) is 4.21 Å². The summed E-state index contributed by atoms with van der Waals surface area (Å²) < 4.78 is 19.4. The van der Waals surface area contributed by atoms with Crippen molar-refractivity contribution in [3.05, 3.63) is 22.3 Å². The Morgan fingerprint density at radius 1 is 1.50 bits per heavy atom. The highest BCUT2D eigenvalue weighted by Gasteiger charge is 2.24. The minimum atomic E-state index is -3.59. The maximum absolute atomic E-state index is 13.3. The molecule has 0 spiro atoms. The number of rotatable bonds is 7. The molecular weight excluding hydrogens is 402 g/mol. The highest BCUT2D eigenvalue weighted by Crippen LogP contribution is 2.25. The van der Waals surface area contributed by atoms with E-state index in [-0.39, 0.29) is 22.4 Å². The van der Waals surface area contributed by atoms with E-state index >= 15 is 0 Å². The number of carbonyl (C=O) groups excluding carboxylic acids is 2. The summed E-state index contributed by atoms with van der Waals surface area (Å²) in [5.74, 6) is -1.18. The van der Waals surface area contributed by atoms with Crippen LogP contribution in [0.4, 0.5) is 0 Å². The first-order valence-corrected chi connectivity index (χ1v) is 10.3. The molecule has 2 amide bonds. The predicted molar refractivity (Wildman–Crippen MR) is 96.6 cm³/mol. The lowest BCUT2D eigenvalue weighted by Crippen LogP contribution is -2.36. The van der Waals surface area contributed by atoms with Gasteiger partial charge in [0.05, 0.1) is 17.5 Å². The molecule has 0 bridgehead atoms. The summed E-state index contributed by atoms with van der Waals surface area (Å²) in [6.07, 6.45) is 0.0915. The second-order valence-corrected chi connectivity index (χ2v) is 9.29. The molecule has 0 aromatic carbocycles. The topological polar surface area (TPSA) is 156 Å². The Kier molecular flexibility index (Phi) is 6.81. The average molecular weight is 420 g/mol. The van der Waals surface area contributed by atoms with Crippen LogP contribution in [-0.4, -0.2) is 42.7 Å². The van der Waals surface area contributed by atoms with Gasteiger partial charge in [-0.1, -0.05) is 30.7 Å². The summed E-state index contributed by atoms with van der Waals surface area (Å²) >= 11 is 6.89. The predicted octanol–water partition coefficient (Wildman–Crippen LogP) is 0.915. The molecule has 0 aliphatic carbocycles. The molecule has 0 radical (unpaired) electrons. The van der Waals surface area contributed by atoms with E-state index in [0.29, 0.717) is 11.4 Å². The number of hydrogen-bond donors (Lipinski definition) is 3. The zero-order chi connectivity index (χ0) is 19.3. The summed E-state index contributed by atoms with van der Waals surface area (Å²) in [7, 11) is -3.59. The SMILES string of the molecule is CC(C)C[C@H](N)C(=O)N=S(=O)(NC(=O)Cc1nn[nH]n1)c1cc(Cl)cs1. The highest BCUT2D eigenvalue weighted by molar-refractivity contribution is 7.94. The van der Waals surface area contributed by atoms with Crippen LogP contribution >= 0.6 is 22.9 Å². The molecular formula is C13H18ClN7O3S2. The van der Waals surface area contributed by atoms with Crippen LogP contribution in [0.15, 0.2) is 20.0 Å². The fourth-order valence-corrected chi connectivity index (χ4v) is 5.01. The Balaban J connectivity index is 2.30. The van der Waals surface area contributed by atoms with Crippen LogP contribution in [-0.2, 0) is 25.9 Å². The summed E-state index contributed by atoms with van der Waals surface area (Å²) in [6.45, 7) is 3.80. The number of nitrogens with zero attached hydrogens (tertiary/aromatic N) is 4. The molecule has 2 rings (SSSR count). The van der Waals surface area contributed by atoms with Crippen molar-refractivity contribution < 1.29 is 13.8 Å². The molecule has 142 valence electrons. The van der Waals surface area contributed by atoms with E-state index in [1.165, 1.54) is 11.4 Å². The van der Waals surface area contributed by atoms with Crippen molar-refractivity contribution in [3.63, 3.8) is 0 Å². The van der Waals surface area contributed by atoms with Gasteiger partial charge in [0.2, 0.25) is 5.91 Å². The molecule has 13 heteroatoms. The lowest BCUT2D eigenvalue weighted by molar-refractivity contribution is -0.119. The van der Waals surface area contributed by atoms with Gasteiger partial charge in [0.15, 0.2) is 15.7 Å². The number of aromatic amines is 1. The molecule has 10 nitrogen and oxygen atoms in total. The molecule has 2 aromatic heterocycles. The molecule has 2 aromatic rings. The number of H-pyrrole nitrogens is 1. The third-order valence-corrected chi connectivity index (χ3v) is 6.68. The van der Waals surface area contributed by atoms with Gasteiger partial charge < -0.3 is 5.73 Å². The lowest BCUT2D eigenvalue weighted by atomic mass is 10.0. The Morgan fingerprint density at radius 2 is 2.23 bits per heavy atom. The summed E-state index contributed by atoms with van der Waals surface area (Å²) in [5, 5.41) is 14.7. The molecule has 0 aliphatic rings. The van der Waals surface area contributed by atoms with E-state index in [1.54, 1.807) is 0 Å². The maximum Gasteiger partial charge on any atom is 0.272 e. The number of thiophene rings is 1. The summed E-state index contributed by atoms with van der Waals surface area (Å²) in [5.41, 5.74) is 5.81. The normalized spacial score (nSPS) is 14.7. The third-order valence-electron chi connectivity index (χ3n) is 3.04. The molecule has 2 atom stereocenters. The molecule has 0 aliphatic heterocycles. The minimum absolute atomic E-state index is 0.108. The van der Waals surface area contributed by atoms with Gasteiger partial charge >= 0.3 is 0 Å². The molecule has 0 saturated carbocycles. The maximum atomic E-state index is 13.3. The number of aromatic nitrogens is 4. The highest BCUT2D eigenvalue weighted by atomic mass is 35.5. The Morgan fingerprint density at radius 3 is 2.77 bits per heavy atom. The van der Waals surface area contributed by atoms with E-state index in [4.69, 9.17) is 17.3 Å². The first-order valence-electron chi connectivity index (χ1n) is 7.53.